The summed E-state index contributed by atoms with van der Waals surface area (Å²) >= 11 is 0. The van der Waals surface area contributed by atoms with Crippen molar-refractivity contribution in [3.63, 3.8) is 0 Å². The van der Waals surface area contributed by atoms with Crippen molar-refractivity contribution in [2.24, 2.45) is 17.3 Å². The van der Waals surface area contributed by atoms with Gasteiger partial charge in [-0.15, -0.1) is 0 Å². The maximum absolute atomic E-state index is 13.6. The fraction of sp³-hybridized carbons (Fsp3) is 0.825. The molecule has 0 saturated heterocycles. The molecule has 0 unspecified atom stereocenters. The minimum Gasteiger partial charge on any atom is -0.465 e. The molecule has 3 fully saturated rings. The maximum Gasteiger partial charge on any atom is 0.309 e. The Morgan fingerprint density at radius 3 is 2.04 bits per heavy atom. The average molecular weight is 719 g/mol. The Morgan fingerprint density at radius 2 is 1.48 bits per heavy atom. The highest BCUT2D eigenvalue weighted by atomic mass is 28.4. The number of ether oxygens (including phenoxy) is 1. The van der Waals surface area contributed by atoms with Gasteiger partial charge < -0.3 is 18.0 Å². The monoisotopic (exact) mass is 718 g/mol. The normalized spacial score (nSPS) is 29.8. The number of esters is 1. The summed E-state index contributed by atoms with van der Waals surface area (Å²) in [5, 5.41) is 0.269. The second kappa shape index (κ2) is 14.7. The predicted octanol–water partition coefficient (Wildman–Crippen LogP) is 11.7. The molecule has 5 atom stereocenters. The van der Waals surface area contributed by atoms with Gasteiger partial charge in [-0.3, -0.25) is 4.79 Å². The van der Waals surface area contributed by atoms with Crippen LogP contribution in [0, 0.1) is 17.3 Å². The van der Waals surface area contributed by atoms with E-state index in [0.29, 0.717) is 12.5 Å². The van der Waals surface area contributed by atoms with E-state index in [-0.39, 0.29) is 45.2 Å². The largest absolute Gasteiger partial charge is 0.465 e. The fourth-order valence-electron chi connectivity index (χ4n) is 7.77. The molecule has 0 radical (unpaired) electrons. The molecule has 3 saturated carbocycles. The minimum absolute atomic E-state index is 0.0136. The second-order valence-electron chi connectivity index (χ2n) is 20.2. The first kappa shape index (κ1) is 41.6. The molecule has 0 N–H and O–H groups in total. The van der Waals surface area contributed by atoms with Crippen molar-refractivity contribution in [3.8, 4) is 0 Å². The minimum atomic E-state index is -2.02. The van der Waals surface area contributed by atoms with E-state index in [9.17, 15) is 4.79 Å². The molecular weight excluding hydrogens is 645 g/mol. The van der Waals surface area contributed by atoms with Crippen LogP contribution in [-0.2, 0) is 22.8 Å². The summed E-state index contributed by atoms with van der Waals surface area (Å²) in [4.78, 5) is 13.6. The molecule has 0 aromatic heterocycles. The Kier molecular flexibility index (Phi) is 12.7. The predicted molar refractivity (Wildman–Crippen MR) is 211 cm³/mol. The van der Waals surface area contributed by atoms with E-state index in [1.807, 2.05) is 0 Å². The van der Waals surface area contributed by atoms with E-state index in [4.69, 9.17) is 18.0 Å². The van der Waals surface area contributed by atoms with Crippen LogP contribution >= 0.6 is 0 Å². The molecule has 0 spiro atoms. The van der Waals surface area contributed by atoms with Gasteiger partial charge in [-0.2, -0.15) is 0 Å². The molecule has 48 heavy (non-hydrogen) atoms. The zero-order valence-electron chi connectivity index (χ0n) is 34.1. The molecule has 276 valence electrons. The van der Waals surface area contributed by atoms with Crippen molar-refractivity contribution in [1.29, 1.82) is 0 Å². The molecule has 0 bridgehead atoms. The van der Waals surface area contributed by atoms with Crippen LogP contribution in [0.2, 0.25) is 55.9 Å². The number of allylic oxidation sites excluding steroid dienone is 3. The quantitative estimate of drug-likeness (QED) is 0.157. The van der Waals surface area contributed by atoms with Crippen LogP contribution < -0.4 is 0 Å². The van der Waals surface area contributed by atoms with E-state index >= 15 is 0 Å². The molecular formula is C40H74O5Si3. The van der Waals surface area contributed by atoms with Crippen LogP contribution in [-0.4, -0.2) is 55.3 Å². The van der Waals surface area contributed by atoms with E-state index in [2.05, 4.69) is 127 Å². The van der Waals surface area contributed by atoms with Crippen molar-refractivity contribution in [3.05, 3.63) is 35.5 Å². The van der Waals surface area contributed by atoms with Crippen molar-refractivity contribution in [2.45, 2.75) is 187 Å². The number of rotatable bonds is 11. The van der Waals surface area contributed by atoms with Gasteiger partial charge in [0.05, 0.1) is 30.3 Å². The van der Waals surface area contributed by atoms with E-state index in [0.717, 1.165) is 56.9 Å². The molecule has 3 aliphatic carbocycles. The van der Waals surface area contributed by atoms with Gasteiger partial charge in [0.15, 0.2) is 25.0 Å². The number of carbonyl (C=O) groups is 1. The van der Waals surface area contributed by atoms with Gasteiger partial charge >= 0.3 is 5.97 Å². The molecule has 3 rings (SSSR count). The van der Waals surface area contributed by atoms with Crippen molar-refractivity contribution < 1.29 is 22.8 Å². The van der Waals surface area contributed by atoms with Gasteiger partial charge in [-0.1, -0.05) is 72.8 Å². The van der Waals surface area contributed by atoms with Crippen molar-refractivity contribution in [1.82, 2.24) is 0 Å². The van der Waals surface area contributed by atoms with Crippen LogP contribution in [0.25, 0.3) is 0 Å². The van der Waals surface area contributed by atoms with Crippen LogP contribution in [0.5, 0.6) is 0 Å². The van der Waals surface area contributed by atoms with Crippen molar-refractivity contribution in [2.75, 3.05) is 6.61 Å². The van der Waals surface area contributed by atoms with Gasteiger partial charge in [-0.25, -0.2) is 0 Å². The van der Waals surface area contributed by atoms with Gasteiger partial charge in [0, 0.05) is 12.8 Å². The SMILES string of the molecule is C=C1/C(=C\C=C2/CCC[C@]3(C)[C@@H](C(=O)OCCC(C)(C)O[Si](C)(C)C)CC[C@@H]23)C[C@@H](O[Si](C)(C)C(C)(C)C)C[C@@H]1O[Si](C)(C)C(C)(C)C. The molecule has 0 aromatic rings. The second-order valence-corrected chi connectivity index (χ2v) is 34.1. The molecule has 8 heteroatoms. The molecule has 0 amide bonds. The summed E-state index contributed by atoms with van der Waals surface area (Å²) in [7, 11) is -5.66. The number of hydrogen-bond acceptors (Lipinski definition) is 5. The van der Waals surface area contributed by atoms with E-state index in [1.165, 1.54) is 11.1 Å². The maximum atomic E-state index is 13.6. The van der Waals surface area contributed by atoms with Crippen LogP contribution in [0.1, 0.15) is 114 Å². The Balaban J connectivity index is 1.82. The lowest BCUT2D eigenvalue weighted by Gasteiger charge is -2.45. The molecule has 0 heterocycles. The van der Waals surface area contributed by atoms with Gasteiger partial charge in [0.1, 0.15) is 0 Å². The van der Waals surface area contributed by atoms with E-state index in [1.54, 1.807) is 0 Å². The summed E-state index contributed by atoms with van der Waals surface area (Å²) in [6, 6.07) is 0. The fourth-order valence-corrected chi connectivity index (χ4v) is 12.2. The zero-order chi connectivity index (χ0) is 36.7. The lowest BCUT2D eigenvalue weighted by molar-refractivity contribution is -0.154. The Bertz CT molecular complexity index is 1230. The first-order valence-corrected chi connectivity index (χ1v) is 28.1. The first-order valence-electron chi connectivity index (χ1n) is 18.9. The third-order valence-corrected chi connectivity index (χ3v) is 22.7. The number of fused-ring (bicyclic) bond motifs is 1. The summed E-state index contributed by atoms with van der Waals surface area (Å²) in [6.45, 7) is 41.6. The topological polar surface area (TPSA) is 54.0 Å². The highest BCUT2D eigenvalue weighted by molar-refractivity contribution is 6.74. The standard InChI is InChI=1S/C40H74O5Si3/c1-29-31(27-32(43-47(14,15)37(2,3)4)28-35(29)44-48(16,17)38(5,6)7)21-20-30-19-18-24-40(10)33(30)22-23-34(40)36(41)42-26-25-39(8,9)45-46(11,12)13/h20-21,32-35H,1,18-19,22-28H2,2-17H3/b30-20+,31-21-/t32-,33+,34-,35+,40+/m1/s1. The molecule has 3 aliphatic rings. The van der Waals surface area contributed by atoms with Gasteiger partial charge in [0.2, 0.25) is 0 Å². The molecule has 5 nitrogen and oxygen atoms in total. The molecule has 0 aromatic carbocycles. The first-order chi connectivity index (χ1) is 21.6. The number of hydrogen-bond donors (Lipinski definition) is 0. The van der Waals surface area contributed by atoms with Crippen LogP contribution in [0.3, 0.4) is 0 Å². The third-order valence-electron chi connectivity index (χ3n) is 12.5. The Morgan fingerprint density at radius 1 is 0.896 bits per heavy atom. The van der Waals surface area contributed by atoms with E-state index < -0.39 is 25.0 Å². The lowest BCUT2D eigenvalue weighted by Crippen LogP contribution is -2.49. The highest BCUT2D eigenvalue weighted by Gasteiger charge is 2.53. The summed E-state index contributed by atoms with van der Waals surface area (Å²) < 4.78 is 26.4. The molecule has 0 aliphatic heterocycles. The van der Waals surface area contributed by atoms with Crippen molar-refractivity contribution >= 4 is 30.9 Å². The summed E-state index contributed by atoms with van der Waals surface area (Å²) in [5.74, 6) is 0.345. The summed E-state index contributed by atoms with van der Waals surface area (Å²) in [6.07, 6.45) is 12.5. The van der Waals surface area contributed by atoms with Crippen LogP contribution in [0.4, 0.5) is 0 Å². The average Bonchev–Trinajstić information content (AvgIpc) is 3.24. The highest BCUT2D eigenvalue weighted by Crippen LogP contribution is 2.58. The van der Waals surface area contributed by atoms with Crippen LogP contribution in [0.15, 0.2) is 35.5 Å². The van der Waals surface area contributed by atoms with Gasteiger partial charge in [0.25, 0.3) is 0 Å². The number of carbonyl (C=O) groups excluding carboxylic acids is 1. The summed E-state index contributed by atoms with van der Waals surface area (Å²) in [5.41, 5.74) is 3.53. The van der Waals surface area contributed by atoms with Gasteiger partial charge in [-0.05, 0) is 131 Å². The Hall–Kier alpha value is -0.779. The third kappa shape index (κ3) is 10.2. The Labute approximate surface area is 299 Å². The smallest absolute Gasteiger partial charge is 0.309 e. The zero-order valence-corrected chi connectivity index (χ0v) is 37.1. The lowest BCUT2D eigenvalue weighted by atomic mass is 9.63.